The van der Waals surface area contributed by atoms with Crippen molar-refractivity contribution in [2.24, 2.45) is 11.8 Å². The molecule has 2 heterocycles. The Balaban J connectivity index is 1.81. The van der Waals surface area contributed by atoms with E-state index in [1.54, 1.807) is 0 Å². The predicted molar refractivity (Wildman–Crippen MR) is 74.5 cm³/mol. The van der Waals surface area contributed by atoms with E-state index in [0.29, 0.717) is 12.2 Å². The van der Waals surface area contributed by atoms with Gasteiger partial charge in [-0.1, -0.05) is 30.8 Å². The summed E-state index contributed by atoms with van der Waals surface area (Å²) in [5, 5.41) is 0. The number of carbonyl (C=O) groups excluding carboxylic acids is 3. The molecule has 4 unspecified atom stereocenters. The first-order chi connectivity index (χ1) is 10.6. The Labute approximate surface area is 126 Å². The monoisotopic (exact) mass is 298 g/mol. The quantitative estimate of drug-likeness (QED) is 0.586. The molecule has 112 valence electrons. The van der Waals surface area contributed by atoms with Crippen LogP contribution in [0.2, 0.25) is 0 Å². The molecule has 1 aliphatic carbocycles. The lowest BCUT2D eigenvalue weighted by Gasteiger charge is -2.33. The Morgan fingerprint density at radius 2 is 1.64 bits per heavy atom. The molecule has 1 aromatic carbocycles. The number of fused-ring (bicyclic) bond motifs is 3. The summed E-state index contributed by atoms with van der Waals surface area (Å²) in [5.74, 6) is -1.92. The van der Waals surface area contributed by atoms with Gasteiger partial charge in [0.05, 0.1) is 18.3 Å². The van der Waals surface area contributed by atoms with Crippen LogP contribution >= 0.6 is 0 Å². The van der Waals surface area contributed by atoms with Gasteiger partial charge in [-0.05, 0) is 23.5 Å². The van der Waals surface area contributed by atoms with Gasteiger partial charge in [0, 0.05) is 5.92 Å². The summed E-state index contributed by atoms with van der Waals surface area (Å²) in [6, 6.07) is 7.55. The molecule has 0 radical (unpaired) electrons. The van der Waals surface area contributed by atoms with Crippen LogP contribution < -0.4 is 0 Å². The fourth-order valence-corrected chi connectivity index (χ4v) is 3.94. The zero-order chi connectivity index (χ0) is 15.4. The van der Waals surface area contributed by atoms with Crippen LogP contribution in [0.1, 0.15) is 35.8 Å². The van der Waals surface area contributed by atoms with Gasteiger partial charge < -0.3 is 9.47 Å². The number of allylic oxidation sites excluding steroid dienone is 1. The van der Waals surface area contributed by atoms with Gasteiger partial charge in [0.1, 0.15) is 5.76 Å². The van der Waals surface area contributed by atoms with Crippen molar-refractivity contribution in [1.29, 1.82) is 0 Å². The maximum Gasteiger partial charge on any atom is 0.319 e. The topological polar surface area (TPSA) is 69.7 Å². The molecule has 0 amide bonds. The smallest absolute Gasteiger partial charge is 0.319 e. The van der Waals surface area contributed by atoms with Gasteiger partial charge in [-0.2, -0.15) is 0 Å². The molecule has 5 nitrogen and oxygen atoms in total. The normalized spacial score (nSPS) is 33.3. The van der Waals surface area contributed by atoms with Crippen molar-refractivity contribution in [3.05, 3.63) is 47.7 Å². The van der Waals surface area contributed by atoms with Crippen LogP contribution in [-0.2, 0) is 23.9 Å². The Kier molecular flexibility index (Phi) is 2.73. The van der Waals surface area contributed by atoms with E-state index in [1.807, 2.05) is 24.3 Å². The molecule has 0 aromatic heterocycles. The van der Waals surface area contributed by atoms with Crippen molar-refractivity contribution in [2.45, 2.75) is 24.7 Å². The summed E-state index contributed by atoms with van der Waals surface area (Å²) in [5.41, 5.74) is 1.81. The van der Waals surface area contributed by atoms with Crippen LogP contribution in [0.25, 0.3) is 0 Å². The molecule has 22 heavy (non-hydrogen) atoms. The van der Waals surface area contributed by atoms with Crippen LogP contribution in [0, 0.1) is 11.8 Å². The van der Waals surface area contributed by atoms with Gasteiger partial charge in [-0.3, -0.25) is 14.4 Å². The fraction of sp³-hybridized carbons (Fsp3) is 0.353. The van der Waals surface area contributed by atoms with E-state index in [1.165, 1.54) is 0 Å². The second-order valence-corrected chi connectivity index (χ2v) is 6.05. The minimum atomic E-state index is -0.488. The highest BCUT2D eigenvalue weighted by molar-refractivity contribution is 5.95. The summed E-state index contributed by atoms with van der Waals surface area (Å²) < 4.78 is 9.91. The van der Waals surface area contributed by atoms with E-state index in [-0.39, 0.29) is 30.1 Å². The van der Waals surface area contributed by atoms with Gasteiger partial charge >= 0.3 is 17.9 Å². The SMILES string of the molecule is C=C1OC(=O)C2c3ccccc3C(C3CC(=O)OC3=O)CC12. The van der Waals surface area contributed by atoms with Crippen molar-refractivity contribution in [3.8, 4) is 0 Å². The van der Waals surface area contributed by atoms with Gasteiger partial charge in [0.2, 0.25) is 0 Å². The third-order valence-corrected chi connectivity index (χ3v) is 4.93. The maximum atomic E-state index is 12.1. The van der Waals surface area contributed by atoms with Crippen LogP contribution in [0.4, 0.5) is 0 Å². The second-order valence-electron chi connectivity index (χ2n) is 6.05. The Morgan fingerprint density at radius 1 is 0.909 bits per heavy atom. The van der Waals surface area contributed by atoms with Gasteiger partial charge in [0.15, 0.2) is 0 Å². The number of cyclic esters (lactones) is 3. The lowest BCUT2D eigenvalue weighted by atomic mass is 9.66. The Hall–Kier alpha value is -2.43. The molecular weight excluding hydrogens is 284 g/mol. The number of carbonyl (C=O) groups is 3. The predicted octanol–water partition coefficient (Wildman–Crippen LogP) is 2.03. The first-order valence-electron chi connectivity index (χ1n) is 7.30. The number of rotatable bonds is 1. The number of ether oxygens (including phenoxy) is 2. The zero-order valence-corrected chi connectivity index (χ0v) is 11.8. The van der Waals surface area contributed by atoms with Gasteiger partial charge in [-0.15, -0.1) is 0 Å². The molecule has 0 spiro atoms. The van der Waals surface area contributed by atoms with Crippen LogP contribution in [-0.4, -0.2) is 17.9 Å². The molecule has 5 heteroatoms. The van der Waals surface area contributed by atoms with Crippen molar-refractivity contribution in [3.63, 3.8) is 0 Å². The summed E-state index contributed by atoms with van der Waals surface area (Å²) >= 11 is 0. The molecule has 0 bridgehead atoms. The third kappa shape index (κ3) is 1.75. The highest BCUT2D eigenvalue weighted by Crippen LogP contribution is 2.53. The first kappa shape index (κ1) is 13.2. The third-order valence-electron chi connectivity index (χ3n) is 4.93. The van der Waals surface area contributed by atoms with Gasteiger partial charge in [0.25, 0.3) is 0 Å². The highest BCUT2D eigenvalue weighted by Gasteiger charge is 2.51. The molecule has 2 fully saturated rings. The molecule has 1 aromatic rings. The Morgan fingerprint density at radius 3 is 2.32 bits per heavy atom. The summed E-state index contributed by atoms with van der Waals surface area (Å²) in [6.45, 7) is 3.83. The second kappa shape index (κ2) is 4.53. The first-order valence-corrected chi connectivity index (χ1v) is 7.30. The molecule has 2 saturated heterocycles. The van der Waals surface area contributed by atoms with Crippen LogP contribution in [0.3, 0.4) is 0 Å². The van der Waals surface area contributed by atoms with E-state index in [4.69, 9.17) is 9.47 Å². The number of benzene rings is 1. The largest absolute Gasteiger partial charge is 0.431 e. The zero-order valence-electron chi connectivity index (χ0n) is 11.8. The van der Waals surface area contributed by atoms with E-state index < -0.39 is 17.9 Å². The van der Waals surface area contributed by atoms with E-state index in [0.717, 1.165) is 11.1 Å². The lowest BCUT2D eigenvalue weighted by molar-refractivity contribution is -0.153. The molecule has 0 N–H and O–H groups in total. The van der Waals surface area contributed by atoms with E-state index in [9.17, 15) is 14.4 Å². The van der Waals surface area contributed by atoms with Crippen molar-refractivity contribution in [1.82, 2.24) is 0 Å². The minimum Gasteiger partial charge on any atom is -0.431 e. The molecule has 4 rings (SSSR count). The number of hydrogen-bond donors (Lipinski definition) is 0. The average molecular weight is 298 g/mol. The fourth-order valence-electron chi connectivity index (χ4n) is 3.94. The summed E-state index contributed by atoms with van der Waals surface area (Å²) in [7, 11) is 0. The summed E-state index contributed by atoms with van der Waals surface area (Å²) in [6.07, 6.45) is 0.663. The average Bonchev–Trinajstić information content (AvgIpc) is 2.97. The number of hydrogen-bond acceptors (Lipinski definition) is 5. The minimum absolute atomic E-state index is 0.0938. The standard InChI is InChI=1S/C17H14O5/c1-8-11-6-12(13-7-14(18)22-16(13)19)9-4-2-3-5-10(9)15(11)17(20)21-8/h2-5,11-13,15H,1,6-7H2. The van der Waals surface area contributed by atoms with Crippen molar-refractivity contribution >= 4 is 17.9 Å². The highest BCUT2D eigenvalue weighted by atomic mass is 16.6. The number of esters is 3. The molecule has 2 aliphatic heterocycles. The van der Waals surface area contributed by atoms with Crippen molar-refractivity contribution in [2.75, 3.05) is 0 Å². The molecule has 0 saturated carbocycles. The van der Waals surface area contributed by atoms with E-state index in [2.05, 4.69) is 6.58 Å². The maximum absolute atomic E-state index is 12.1. The molecule has 4 atom stereocenters. The molecular formula is C17H14O5. The molecule has 3 aliphatic rings. The van der Waals surface area contributed by atoms with Crippen LogP contribution in [0.5, 0.6) is 0 Å². The Bertz CT molecular complexity index is 720. The van der Waals surface area contributed by atoms with Gasteiger partial charge in [-0.25, -0.2) is 0 Å². The van der Waals surface area contributed by atoms with Crippen LogP contribution in [0.15, 0.2) is 36.6 Å². The van der Waals surface area contributed by atoms with Crippen molar-refractivity contribution < 1.29 is 23.9 Å². The summed E-state index contributed by atoms with van der Waals surface area (Å²) in [4.78, 5) is 35.5. The lowest BCUT2D eigenvalue weighted by Crippen LogP contribution is -2.29. The van der Waals surface area contributed by atoms with E-state index >= 15 is 0 Å².